The first-order chi connectivity index (χ1) is 14.4. The molecule has 0 unspecified atom stereocenters. The molecule has 2 heterocycles. The van der Waals surface area contributed by atoms with Crippen LogP contribution >= 0.6 is 0 Å². The Morgan fingerprint density at radius 1 is 1.03 bits per heavy atom. The van der Waals surface area contributed by atoms with Crippen LogP contribution in [0, 0.1) is 5.82 Å². The van der Waals surface area contributed by atoms with Gasteiger partial charge in [0.1, 0.15) is 23.0 Å². The minimum atomic E-state index is -1.27. The molecule has 0 radical (unpaired) electrons. The lowest BCUT2D eigenvalue weighted by Crippen LogP contribution is -2.30. The van der Waals surface area contributed by atoms with Crippen molar-refractivity contribution in [1.29, 1.82) is 0 Å². The van der Waals surface area contributed by atoms with Crippen LogP contribution in [0.1, 0.15) is 21.7 Å². The molecule has 0 aliphatic carbocycles. The number of imide groups is 1. The summed E-state index contributed by atoms with van der Waals surface area (Å²) in [6.45, 7) is 0.0104. The van der Waals surface area contributed by atoms with Gasteiger partial charge < -0.3 is 19.6 Å². The summed E-state index contributed by atoms with van der Waals surface area (Å²) in [7, 11) is 0. The molecule has 3 amide bonds. The van der Waals surface area contributed by atoms with Crippen LogP contribution in [0.3, 0.4) is 0 Å². The van der Waals surface area contributed by atoms with Gasteiger partial charge in [0.2, 0.25) is 0 Å². The molecule has 0 spiro atoms. The van der Waals surface area contributed by atoms with Gasteiger partial charge in [0.25, 0.3) is 5.91 Å². The number of carboxylic acid groups (broad SMARTS) is 1. The van der Waals surface area contributed by atoms with Crippen molar-refractivity contribution in [3.8, 4) is 11.3 Å². The van der Waals surface area contributed by atoms with E-state index < -0.39 is 23.7 Å². The van der Waals surface area contributed by atoms with Crippen LogP contribution in [0.5, 0.6) is 0 Å². The second-order valence-electron chi connectivity index (χ2n) is 6.57. The number of urea groups is 1. The van der Waals surface area contributed by atoms with Crippen molar-refractivity contribution in [1.82, 2.24) is 10.2 Å². The van der Waals surface area contributed by atoms with Gasteiger partial charge in [-0.05, 0) is 35.4 Å². The minimum absolute atomic E-state index is 0.0104. The van der Waals surface area contributed by atoms with Gasteiger partial charge in [-0.15, -0.1) is 0 Å². The van der Waals surface area contributed by atoms with Crippen molar-refractivity contribution >= 4 is 24.0 Å². The zero-order chi connectivity index (χ0) is 21.3. The normalized spacial score (nSPS) is 15.0. The third-order valence-electron chi connectivity index (χ3n) is 4.53. The zero-order valence-corrected chi connectivity index (χ0v) is 15.4. The Kier molecular flexibility index (Phi) is 4.89. The van der Waals surface area contributed by atoms with E-state index in [0.29, 0.717) is 22.6 Å². The number of hydrogen-bond acceptors (Lipinski definition) is 5. The van der Waals surface area contributed by atoms with Crippen LogP contribution in [0.2, 0.25) is 0 Å². The number of halogens is 1. The zero-order valence-electron chi connectivity index (χ0n) is 15.4. The minimum Gasteiger partial charge on any atom is -0.545 e. The number of furan rings is 1. The molecular weight excluding hydrogens is 391 g/mol. The van der Waals surface area contributed by atoms with Gasteiger partial charge in [-0.25, -0.2) is 9.18 Å². The number of carbonyl (C=O) groups excluding carboxylic acids is 3. The van der Waals surface area contributed by atoms with Gasteiger partial charge >= 0.3 is 6.03 Å². The van der Waals surface area contributed by atoms with E-state index in [1.54, 1.807) is 24.3 Å². The Bertz CT molecular complexity index is 1160. The monoisotopic (exact) mass is 405 g/mol. The van der Waals surface area contributed by atoms with Gasteiger partial charge in [-0.1, -0.05) is 36.4 Å². The lowest BCUT2D eigenvalue weighted by molar-refractivity contribution is -0.255. The molecule has 0 saturated carbocycles. The molecule has 3 aromatic rings. The van der Waals surface area contributed by atoms with E-state index in [9.17, 15) is 23.9 Å². The van der Waals surface area contributed by atoms with Crippen molar-refractivity contribution in [3.63, 3.8) is 0 Å². The SMILES string of the molecule is O=C([O-])c1ccc(-c2ccc(/C=C3/NC(=O)N(Cc4ccc(F)cc4)C3=O)o2)cc1. The maximum atomic E-state index is 13.0. The molecule has 2 aromatic carbocycles. The number of aromatic carboxylic acids is 1. The molecule has 1 aliphatic heterocycles. The van der Waals surface area contributed by atoms with E-state index in [2.05, 4.69) is 5.32 Å². The molecule has 8 heteroatoms. The van der Waals surface area contributed by atoms with Gasteiger partial charge in [0.05, 0.1) is 12.5 Å². The molecule has 0 bridgehead atoms. The molecule has 150 valence electrons. The van der Waals surface area contributed by atoms with Crippen LogP contribution in [0.15, 0.2) is 70.8 Å². The molecule has 7 nitrogen and oxygen atoms in total. The second kappa shape index (κ2) is 7.67. The topological polar surface area (TPSA) is 103 Å². The lowest BCUT2D eigenvalue weighted by atomic mass is 10.1. The molecule has 0 atom stereocenters. The summed E-state index contributed by atoms with van der Waals surface area (Å²) in [5.74, 6) is -1.40. The van der Waals surface area contributed by atoms with Crippen molar-refractivity contribution in [2.75, 3.05) is 0 Å². The van der Waals surface area contributed by atoms with Crippen LogP contribution in [-0.4, -0.2) is 22.8 Å². The summed E-state index contributed by atoms with van der Waals surface area (Å²) in [5, 5.41) is 13.3. The standard InChI is InChI=1S/C22H15FN2O5/c23-16-7-1-13(2-8-16)12-25-20(26)18(24-22(25)29)11-17-9-10-19(30-17)14-3-5-15(6-4-14)21(27)28/h1-11H,12H2,(H,24,29)(H,27,28)/p-1/b18-11+. The first-order valence-electron chi connectivity index (χ1n) is 8.91. The smallest absolute Gasteiger partial charge is 0.329 e. The summed E-state index contributed by atoms with van der Waals surface area (Å²) in [6.07, 6.45) is 1.41. The van der Waals surface area contributed by atoms with Crippen molar-refractivity contribution < 1.29 is 28.3 Å². The molecule has 1 aliphatic rings. The van der Waals surface area contributed by atoms with Gasteiger partial charge in [-0.3, -0.25) is 9.69 Å². The predicted octanol–water partition coefficient (Wildman–Crippen LogP) is 2.54. The van der Waals surface area contributed by atoms with Gasteiger partial charge in [-0.2, -0.15) is 0 Å². The number of carboxylic acids is 1. The average molecular weight is 405 g/mol. The highest BCUT2D eigenvalue weighted by molar-refractivity contribution is 6.13. The molecule has 4 rings (SSSR count). The molecule has 1 saturated heterocycles. The third-order valence-corrected chi connectivity index (χ3v) is 4.53. The number of carbonyl (C=O) groups is 3. The largest absolute Gasteiger partial charge is 0.545 e. The Morgan fingerprint density at radius 2 is 1.73 bits per heavy atom. The van der Waals surface area contributed by atoms with Crippen LogP contribution in [-0.2, 0) is 11.3 Å². The number of nitrogens with zero attached hydrogens (tertiary/aromatic N) is 1. The van der Waals surface area contributed by atoms with Gasteiger partial charge in [0, 0.05) is 11.6 Å². The van der Waals surface area contributed by atoms with E-state index in [4.69, 9.17) is 4.42 Å². The summed E-state index contributed by atoms with van der Waals surface area (Å²) in [4.78, 5) is 36.6. The van der Waals surface area contributed by atoms with Crippen LogP contribution < -0.4 is 10.4 Å². The second-order valence-corrected chi connectivity index (χ2v) is 6.57. The predicted molar refractivity (Wildman–Crippen MR) is 102 cm³/mol. The maximum Gasteiger partial charge on any atom is 0.329 e. The first-order valence-corrected chi connectivity index (χ1v) is 8.91. The molecular formula is C22H14FN2O5-. The van der Waals surface area contributed by atoms with E-state index in [1.807, 2.05) is 0 Å². The molecule has 1 N–H and O–H groups in total. The van der Waals surface area contributed by atoms with Crippen molar-refractivity contribution in [2.24, 2.45) is 0 Å². The summed E-state index contributed by atoms with van der Waals surface area (Å²) >= 11 is 0. The molecule has 1 fully saturated rings. The Balaban J connectivity index is 1.51. The number of nitrogens with one attached hydrogen (secondary N) is 1. The van der Waals surface area contributed by atoms with Crippen molar-refractivity contribution in [2.45, 2.75) is 6.54 Å². The number of rotatable bonds is 5. The highest BCUT2D eigenvalue weighted by atomic mass is 19.1. The molecule has 1 aromatic heterocycles. The first kappa shape index (κ1) is 19.1. The van der Waals surface area contributed by atoms with E-state index in [1.165, 1.54) is 42.5 Å². The van der Waals surface area contributed by atoms with E-state index >= 15 is 0 Å². The fourth-order valence-electron chi connectivity index (χ4n) is 2.99. The van der Waals surface area contributed by atoms with Crippen molar-refractivity contribution in [3.05, 3.63) is 89.1 Å². The van der Waals surface area contributed by atoms with Gasteiger partial charge in [0.15, 0.2) is 0 Å². The quantitative estimate of drug-likeness (QED) is 0.519. The van der Waals surface area contributed by atoms with E-state index in [0.717, 1.165) is 4.90 Å². The Labute approximate surface area is 170 Å². The number of amides is 3. The van der Waals surface area contributed by atoms with E-state index in [-0.39, 0.29) is 17.8 Å². The highest BCUT2D eigenvalue weighted by Crippen LogP contribution is 2.25. The Hall–Kier alpha value is -4.20. The number of hydrogen-bond donors (Lipinski definition) is 1. The number of benzene rings is 2. The Morgan fingerprint density at radius 3 is 2.40 bits per heavy atom. The lowest BCUT2D eigenvalue weighted by Gasteiger charge is -2.11. The third kappa shape index (κ3) is 3.83. The highest BCUT2D eigenvalue weighted by Gasteiger charge is 2.33. The summed E-state index contributed by atoms with van der Waals surface area (Å²) in [6, 6.07) is 14.2. The maximum absolute atomic E-state index is 13.0. The average Bonchev–Trinajstić information content (AvgIpc) is 3.30. The summed E-state index contributed by atoms with van der Waals surface area (Å²) < 4.78 is 18.7. The fourth-order valence-corrected chi connectivity index (χ4v) is 2.99. The summed E-state index contributed by atoms with van der Waals surface area (Å²) in [5.41, 5.74) is 1.36. The molecule has 30 heavy (non-hydrogen) atoms. The fraction of sp³-hybridized carbons (Fsp3) is 0.0455. The van der Waals surface area contributed by atoms with Crippen LogP contribution in [0.4, 0.5) is 9.18 Å². The van der Waals surface area contributed by atoms with Crippen LogP contribution in [0.25, 0.3) is 17.4 Å².